The van der Waals surface area contributed by atoms with Gasteiger partial charge in [0.15, 0.2) is 0 Å². The van der Waals surface area contributed by atoms with Crippen molar-refractivity contribution in [3.63, 3.8) is 0 Å². The number of rotatable bonds is 7. The number of amides is 1. The largest absolute Gasteiger partial charge is 0.492 e. The molecule has 0 aliphatic heterocycles. The van der Waals surface area contributed by atoms with Crippen LogP contribution in [0, 0.1) is 0 Å². The van der Waals surface area contributed by atoms with Gasteiger partial charge in [-0.2, -0.15) is 0 Å². The molecular formula is C15H20N4O4S2. The van der Waals surface area contributed by atoms with E-state index in [1.165, 1.54) is 30.4 Å². The van der Waals surface area contributed by atoms with Crippen LogP contribution in [0.4, 0.5) is 10.8 Å². The van der Waals surface area contributed by atoms with Crippen LogP contribution in [-0.2, 0) is 14.8 Å². The maximum absolute atomic E-state index is 12.7. The summed E-state index contributed by atoms with van der Waals surface area (Å²) in [6, 6.07) is 4.43. The first kappa shape index (κ1) is 19.1. The van der Waals surface area contributed by atoms with Crippen LogP contribution in [0.25, 0.3) is 0 Å². The molecule has 0 spiro atoms. The lowest BCUT2D eigenvalue weighted by Crippen LogP contribution is -2.15. The van der Waals surface area contributed by atoms with Crippen molar-refractivity contribution in [1.82, 2.24) is 10.2 Å². The highest BCUT2D eigenvalue weighted by Gasteiger charge is 2.23. The number of carbonyl (C=O) groups excluding carboxylic acids is 1. The van der Waals surface area contributed by atoms with Crippen molar-refractivity contribution in [2.24, 2.45) is 0 Å². The van der Waals surface area contributed by atoms with Crippen molar-refractivity contribution in [1.29, 1.82) is 0 Å². The van der Waals surface area contributed by atoms with Crippen LogP contribution >= 0.6 is 11.3 Å². The zero-order chi connectivity index (χ0) is 18.6. The number of ether oxygens (including phenoxy) is 1. The van der Waals surface area contributed by atoms with Crippen LogP contribution in [0.1, 0.15) is 38.6 Å². The van der Waals surface area contributed by atoms with Gasteiger partial charge >= 0.3 is 0 Å². The summed E-state index contributed by atoms with van der Waals surface area (Å²) in [4.78, 5) is 11.1. The number of nitrogens with zero attached hydrogens (tertiary/aromatic N) is 2. The Morgan fingerprint density at radius 1 is 1.32 bits per heavy atom. The van der Waals surface area contributed by atoms with Crippen LogP contribution in [0.15, 0.2) is 23.1 Å². The highest BCUT2D eigenvalue weighted by Crippen LogP contribution is 2.30. The highest BCUT2D eigenvalue weighted by molar-refractivity contribution is 7.93. The molecule has 136 valence electrons. The van der Waals surface area contributed by atoms with Crippen molar-refractivity contribution < 1.29 is 17.9 Å². The Morgan fingerprint density at radius 3 is 2.60 bits per heavy atom. The second-order valence-corrected chi connectivity index (χ2v) is 8.14. The first-order valence-electron chi connectivity index (χ1n) is 7.63. The Labute approximate surface area is 150 Å². The molecule has 2 aromatic rings. The Balaban J connectivity index is 2.39. The topological polar surface area (TPSA) is 110 Å². The third-order valence-corrected chi connectivity index (χ3v) is 5.64. The lowest BCUT2D eigenvalue weighted by atomic mass is 10.2. The lowest BCUT2D eigenvalue weighted by Gasteiger charge is -2.13. The maximum Gasteiger partial charge on any atom is 0.267 e. The number of aromatic nitrogens is 2. The van der Waals surface area contributed by atoms with E-state index in [4.69, 9.17) is 4.74 Å². The fourth-order valence-electron chi connectivity index (χ4n) is 1.95. The first-order chi connectivity index (χ1) is 11.7. The van der Waals surface area contributed by atoms with Crippen LogP contribution in [0.3, 0.4) is 0 Å². The lowest BCUT2D eigenvalue weighted by molar-refractivity contribution is -0.114. The Bertz CT molecular complexity index is 862. The van der Waals surface area contributed by atoms with Crippen molar-refractivity contribution >= 4 is 38.1 Å². The predicted octanol–water partition coefficient (Wildman–Crippen LogP) is 2.82. The second kappa shape index (κ2) is 7.79. The van der Waals surface area contributed by atoms with E-state index in [-0.39, 0.29) is 27.6 Å². The third kappa shape index (κ3) is 4.89. The number of sulfonamides is 1. The van der Waals surface area contributed by atoms with Crippen LogP contribution < -0.4 is 14.8 Å². The van der Waals surface area contributed by atoms with Gasteiger partial charge in [0.2, 0.25) is 11.0 Å². The number of carbonyl (C=O) groups is 1. The molecule has 1 aromatic carbocycles. The SMILES string of the molecule is CCOc1ccc(NC(C)=O)cc1S(=O)(=O)Nc1nnc(C(C)C)s1. The number of anilines is 2. The van der Waals surface area contributed by atoms with Gasteiger partial charge in [-0.05, 0) is 25.1 Å². The zero-order valence-corrected chi connectivity index (χ0v) is 16.0. The smallest absolute Gasteiger partial charge is 0.267 e. The molecule has 0 atom stereocenters. The molecule has 8 nitrogen and oxygen atoms in total. The summed E-state index contributed by atoms with van der Waals surface area (Å²) in [7, 11) is -3.96. The molecule has 0 bridgehead atoms. The van der Waals surface area contributed by atoms with Crippen LogP contribution in [0.2, 0.25) is 0 Å². The summed E-state index contributed by atoms with van der Waals surface area (Å²) < 4.78 is 33.3. The monoisotopic (exact) mass is 384 g/mol. The van der Waals surface area contributed by atoms with Gasteiger partial charge in [0.05, 0.1) is 6.61 Å². The van der Waals surface area contributed by atoms with Crippen molar-refractivity contribution in [2.75, 3.05) is 16.6 Å². The molecule has 0 radical (unpaired) electrons. The number of hydrogen-bond acceptors (Lipinski definition) is 7. The highest BCUT2D eigenvalue weighted by atomic mass is 32.2. The van der Waals surface area contributed by atoms with Crippen molar-refractivity contribution in [2.45, 2.75) is 38.5 Å². The molecule has 0 fully saturated rings. The van der Waals surface area contributed by atoms with E-state index < -0.39 is 10.0 Å². The molecule has 2 rings (SSSR count). The van der Waals surface area contributed by atoms with Gasteiger partial charge in [-0.15, -0.1) is 10.2 Å². The Morgan fingerprint density at radius 2 is 2.04 bits per heavy atom. The fraction of sp³-hybridized carbons (Fsp3) is 0.400. The molecule has 1 aromatic heterocycles. The van der Waals surface area contributed by atoms with E-state index in [2.05, 4.69) is 20.2 Å². The third-order valence-electron chi connectivity index (χ3n) is 3.01. The van der Waals surface area contributed by atoms with E-state index in [0.717, 1.165) is 5.01 Å². The minimum absolute atomic E-state index is 0.0816. The molecule has 0 aliphatic rings. The average molecular weight is 384 g/mol. The molecule has 2 N–H and O–H groups in total. The molecule has 25 heavy (non-hydrogen) atoms. The number of nitrogens with one attached hydrogen (secondary N) is 2. The molecule has 0 saturated heterocycles. The van der Waals surface area contributed by atoms with E-state index in [0.29, 0.717) is 12.3 Å². The zero-order valence-electron chi connectivity index (χ0n) is 14.4. The van der Waals surface area contributed by atoms with E-state index >= 15 is 0 Å². The molecule has 0 saturated carbocycles. The van der Waals surface area contributed by atoms with Gasteiger partial charge in [-0.1, -0.05) is 25.2 Å². The second-order valence-electron chi connectivity index (χ2n) is 5.48. The van der Waals surface area contributed by atoms with Crippen molar-refractivity contribution in [3.05, 3.63) is 23.2 Å². The maximum atomic E-state index is 12.7. The summed E-state index contributed by atoms with van der Waals surface area (Å²) in [5.41, 5.74) is 0.358. The van der Waals surface area contributed by atoms with Gasteiger partial charge in [0.25, 0.3) is 10.0 Å². The van der Waals surface area contributed by atoms with Gasteiger partial charge < -0.3 is 10.1 Å². The minimum Gasteiger partial charge on any atom is -0.492 e. The molecule has 0 unspecified atom stereocenters. The predicted molar refractivity (Wildman–Crippen MR) is 96.7 cm³/mol. The number of benzene rings is 1. The van der Waals surface area contributed by atoms with Gasteiger partial charge in [-0.25, -0.2) is 8.42 Å². The van der Waals surface area contributed by atoms with E-state index in [1.54, 1.807) is 13.0 Å². The number of hydrogen-bond donors (Lipinski definition) is 2. The summed E-state index contributed by atoms with van der Waals surface area (Å²) >= 11 is 1.17. The molecule has 1 amide bonds. The molecular weight excluding hydrogens is 364 g/mol. The van der Waals surface area contributed by atoms with Crippen molar-refractivity contribution in [3.8, 4) is 5.75 Å². The van der Waals surface area contributed by atoms with Crippen LogP contribution in [0.5, 0.6) is 5.75 Å². The minimum atomic E-state index is -3.96. The molecule has 0 aliphatic carbocycles. The van der Waals surface area contributed by atoms with Gasteiger partial charge in [-0.3, -0.25) is 9.52 Å². The summed E-state index contributed by atoms with van der Waals surface area (Å²) in [5.74, 6) is 0.0432. The normalized spacial score (nSPS) is 11.4. The Kier molecular flexibility index (Phi) is 5.96. The average Bonchev–Trinajstić information content (AvgIpc) is 2.96. The van der Waals surface area contributed by atoms with Gasteiger partial charge in [0, 0.05) is 18.5 Å². The van der Waals surface area contributed by atoms with Crippen LogP contribution in [-0.4, -0.2) is 31.1 Å². The fourth-order valence-corrected chi connectivity index (χ4v) is 4.10. The summed E-state index contributed by atoms with van der Waals surface area (Å²) in [6.45, 7) is 7.30. The Hall–Kier alpha value is -2.20. The van der Waals surface area contributed by atoms with E-state index in [9.17, 15) is 13.2 Å². The first-order valence-corrected chi connectivity index (χ1v) is 9.93. The molecule has 10 heteroatoms. The standard InChI is InChI=1S/C15H20N4O4S2/c1-5-23-12-7-6-11(16-10(4)20)8-13(12)25(21,22)19-15-18-17-14(24-15)9(2)3/h6-9H,5H2,1-4H3,(H,16,20)(H,18,19). The quantitative estimate of drug-likeness (QED) is 0.759. The van der Waals surface area contributed by atoms with E-state index in [1.807, 2.05) is 13.8 Å². The molecule has 1 heterocycles. The summed E-state index contributed by atoms with van der Waals surface area (Å²) in [5, 5.41) is 11.3. The van der Waals surface area contributed by atoms with Gasteiger partial charge in [0.1, 0.15) is 15.7 Å². The summed E-state index contributed by atoms with van der Waals surface area (Å²) in [6.07, 6.45) is 0.